The van der Waals surface area contributed by atoms with Gasteiger partial charge in [-0.2, -0.15) is 5.10 Å². The molecule has 1 amide bonds. The lowest BCUT2D eigenvalue weighted by Crippen LogP contribution is -2.22. The Kier molecular flexibility index (Phi) is 6.22. The van der Waals surface area contributed by atoms with E-state index < -0.39 is 21.7 Å². The van der Waals surface area contributed by atoms with Crippen LogP contribution in [0.4, 0.5) is 10.1 Å². The molecule has 4 rings (SSSR count). The number of benzene rings is 2. The van der Waals surface area contributed by atoms with Crippen LogP contribution in [0, 0.1) is 5.82 Å². The molecule has 0 aliphatic rings. The molecule has 2 aromatic heterocycles. The van der Waals surface area contributed by atoms with E-state index in [1.165, 1.54) is 56.3 Å². The zero-order valence-corrected chi connectivity index (χ0v) is 19.5. The summed E-state index contributed by atoms with van der Waals surface area (Å²) in [4.78, 5) is 13.3. The number of sulfonamides is 1. The average Bonchev–Trinajstić information content (AvgIpc) is 3.49. The maximum absolute atomic E-state index is 14.5. The molecule has 0 unspecified atom stereocenters. The van der Waals surface area contributed by atoms with Crippen molar-refractivity contribution in [3.05, 3.63) is 84.6 Å². The highest BCUT2D eigenvalue weighted by Crippen LogP contribution is 2.30. The number of carbonyl (C=O) groups is 1. The standard InChI is InChI=1S/C23H22FN5O4S/c1-27(2)34(31,32)16-10-11-21(33-3)19(14-16)26-22(30)17-15-25-29(20-9-5-4-8-18(20)24)23(17)28-12-6-7-13-28/h4-15H,1-3H3,(H,26,30). The van der Waals surface area contributed by atoms with Gasteiger partial charge in [0, 0.05) is 26.5 Å². The molecule has 2 aromatic carbocycles. The van der Waals surface area contributed by atoms with Crippen molar-refractivity contribution >= 4 is 21.6 Å². The fraction of sp³-hybridized carbons (Fsp3) is 0.130. The van der Waals surface area contributed by atoms with Gasteiger partial charge in [-0.25, -0.2) is 21.8 Å². The van der Waals surface area contributed by atoms with Gasteiger partial charge in [0.05, 0.1) is 23.9 Å². The molecule has 0 saturated heterocycles. The number of anilines is 1. The number of rotatable bonds is 7. The van der Waals surface area contributed by atoms with Crippen LogP contribution in [0.3, 0.4) is 0 Å². The van der Waals surface area contributed by atoms with Crippen LogP contribution in [0.1, 0.15) is 10.4 Å². The molecule has 0 saturated carbocycles. The van der Waals surface area contributed by atoms with Crippen molar-refractivity contribution in [2.75, 3.05) is 26.5 Å². The maximum atomic E-state index is 14.5. The first-order valence-corrected chi connectivity index (χ1v) is 11.6. The summed E-state index contributed by atoms with van der Waals surface area (Å²) < 4.78 is 49.0. The number of aromatic nitrogens is 3. The zero-order chi connectivity index (χ0) is 24.5. The van der Waals surface area contributed by atoms with Crippen LogP contribution in [0.15, 0.2) is 78.1 Å². The molecule has 0 aliphatic carbocycles. The lowest BCUT2D eigenvalue weighted by molar-refractivity contribution is 0.102. The molecule has 9 nitrogen and oxygen atoms in total. The minimum Gasteiger partial charge on any atom is -0.495 e. The van der Waals surface area contributed by atoms with Crippen molar-refractivity contribution in [1.82, 2.24) is 18.7 Å². The molecule has 1 N–H and O–H groups in total. The molecule has 4 aromatic rings. The Labute approximate surface area is 196 Å². The number of nitrogens with one attached hydrogen (secondary N) is 1. The van der Waals surface area contributed by atoms with Crippen molar-refractivity contribution in [1.29, 1.82) is 0 Å². The summed E-state index contributed by atoms with van der Waals surface area (Å²) in [6, 6.07) is 13.8. The molecular formula is C23H22FN5O4S. The molecule has 0 bridgehead atoms. The van der Waals surface area contributed by atoms with Crippen LogP contribution in [-0.4, -0.2) is 54.2 Å². The Bertz CT molecular complexity index is 1450. The van der Waals surface area contributed by atoms with E-state index in [-0.39, 0.29) is 27.6 Å². The van der Waals surface area contributed by atoms with Crippen molar-refractivity contribution < 1.29 is 22.3 Å². The second kappa shape index (κ2) is 9.12. The van der Waals surface area contributed by atoms with Crippen molar-refractivity contribution in [2.45, 2.75) is 4.90 Å². The van der Waals surface area contributed by atoms with Crippen LogP contribution in [0.25, 0.3) is 11.5 Å². The third-order valence-corrected chi connectivity index (χ3v) is 6.93. The Morgan fingerprint density at radius 3 is 2.44 bits per heavy atom. The van der Waals surface area contributed by atoms with Gasteiger partial charge in [-0.15, -0.1) is 0 Å². The van der Waals surface area contributed by atoms with Crippen LogP contribution in [-0.2, 0) is 10.0 Å². The minimum atomic E-state index is -3.74. The fourth-order valence-corrected chi connectivity index (χ4v) is 4.30. The normalized spacial score (nSPS) is 11.6. The number of hydrogen-bond acceptors (Lipinski definition) is 5. The molecule has 0 radical (unpaired) electrons. The van der Waals surface area contributed by atoms with Crippen molar-refractivity contribution in [2.24, 2.45) is 0 Å². The number of hydrogen-bond donors (Lipinski definition) is 1. The molecule has 2 heterocycles. The van der Waals surface area contributed by atoms with Gasteiger partial charge in [0.15, 0.2) is 5.82 Å². The maximum Gasteiger partial charge on any atom is 0.261 e. The van der Waals surface area contributed by atoms with E-state index in [9.17, 15) is 17.6 Å². The highest BCUT2D eigenvalue weighted by molar-refractivity contribution is 7.89. The predicted octanol–water partition coefficient (Wildman–Crippen LogP) is 3.31. The minimum absolute atomic E-state index is 0.0127. The summed E-state index contributed by atoms with van der Waals surface area (Å²) in [5.41, 5.74) is 0.469. The Morgan fingerprint density at radius 1 is 1.09 bits per heavy atom. The average molecular weight is 484 g/mol. The second-order valence-corrected chi connectivity index (χ2v) is 9.59. The Hall–Kier alpha value is -3.96. The molecule has 11 heteroatoms. The zero-order valence-electron chi connectivity index (χ0n) is 18.6. The first-order valence-electron chi connectivity index (χ1n) is 10.1. The Morgan fingerprint density at radius 2 is 1.79 bits per heavy atom. The molecule has 176 valence electrons. The van der Waals surface area contributed by atoms with Crippen LogP contribution in [0.5, 0.6) is 5.75 Å². The number of para-hydroxylation sites is 1. The summed E-state index contributed by atoms with van der Waals surface area (Å²) >= 11 is 0. The first-order chi connectivity index (χ1) is 16.2. The predicted molar refractivity (Wildman–Crippen MR) is 125 cm³/mol. The number of nitrogens with zero attached hydrogens (tertiary/aromatic N) is 4. The SMILES string of the molecule is COc1ccc(S(=O)(=O)N(C)C)cc1NC(=O)c1cnn(-c2ccccc2F)c1-n1cccc1. The molecule has 0 aliphatic heterocycles. The van der Waals surface area contributed by atoms with Crippen LogP contribution >= 0.6 is 0 Å². The smallest absolute Gasteiger partial charge is 0.261 e. The highest BCUT2D eigenvalue weighted by Gasteiger charge is 2.24. The lowest BCUT2D eigenvalue weighted by Gasteiger charge is -2.15. The van der Waals surface area contributed by atoms with Gasteiger partial charge in [0.1, 0.15) is 22.8 Å². The van der Waals surface area contributed by atoms with E-state index in [1.54, 1.807) is 47.3 Å². The van der Waals surface area contributed by atoms with Crippen LogP contribution in [0.2, 0.25) is 0 Å². The second-order valence-electron chi connectivity index (χ2n) is 7.44. The van der Waals surface area contributed by atoms with Crippen molar-refractivity contribution in [3.8, 4) is 17.3 Å². The van der Waals surface area contributed by atoms with E-state index >= 15 is 0 Å². The summed E-state index contributed by atoms with van der Waals surface area (Å²) in [6.07, 6.45) is 4.73. The van der Waals surface area contributed by atoms with Gasteiger partial charge in [0.25, 0.3) is 5.91 Å². The van der Waals surface area contributed by atoms with Crippen molar-refractivity contribution in [3.63, 3.8) is 0 Å². The third-order valence-electron chi connectivity index (χ3n) is 5.12. The number of amides is 1. The quantitative estimate of drug-likeness (QED) is 0.435. The lowest BCUT2D eigenvalue weighted by atomic mass is 10.2. The topological polar surface area (TPSA) is 98.5 Å². The highest BCUT2D eigenvalue weighted by atomic mass is 32.2. The van der Waals surface area contributed by atoms with E-state index in [1.807, 2.05) is 0 Å². The number of methoxy groups -OCH3 is 1. The number of halogens is 1. The molecular weight excluding hydrogens is 461 g/mol. The molecule has 0 atom stereocenters. The van der Waals surface area contributed by atoms with Gasteiger partial charge in [-0.05, 0) is 42.5 Å². The first kappa shape index (κ1) is 23.2. The number of carbonyl (C=O) groups excluding carboxylic acids is 1. The monoisotopic (exact) mass is 483 g/mol. The fourth-order valence-electron chi connectivity index (χ4n) is 3.37. The van der Waals surface area contributed by atoms with E-state index in [4.69, 9.17) is 4.74 Å². The van der Waals surface area contributed by atoms with Crippen LogP contribution < -0.4 is 10.1 Å². The summed E-state index contributed by atoms with van der Waals surface area (Å²) in [5.74, 6) is -0.503. The van der Waals surface area contributed by atoms with E-state index in [0.29, 0.717) is 5.82 Å². The van der Waals surface area contributed by atoms with Gasteiger partial charge < -0.3 is 14.6 Å². The van der Waals surface area contributed by atoms with Gasteiger partial charge in [-0.1, -0.05) is 12.1 Å². The molecule has 0 fully saturated rings. The molecule has 0 spiro atoms. The summed E-state index contributed by atoms with van der Waals surface area (Å²) in [6.45, 7) is 0. The number of ether oxygens (including phenoxy) is 1. The Balaban J connectivity index is 1.79. The van der Waals surface area contributed by atoms with E-state index in [2.05, 4.69) is 10.4 Å². The summed E-state index contributed by atoms with van der Waals surface area (Å²) in [5, 5.41) is 6.95. The van der Waals surface area contributed by atoms with Gasteiger partial charge in [-0.3, -0.25) is 4.79 Å². The summed E-state index contributed by atoms with van der Waals surface area (Å²) in [7, 11) is 0.498. The van der Waals surface area contributed by atoms with Gasteiger partial charge in [0.2, 0.25) is 10.0 Å². The third kappa shape index (κ3) is 4.18. The van der Waals surface area contributed by atoms with E-state index in [0.717, 1.165) is 4.31 Å². The largest absolute Gasteiger partial charge is 0.495 e. The molecule has 34 heavy (non-hydrogen) atoms. The van der Waals surface area contributed by atoms with Gasteiger partial charge >= 0.3 is 0 Å².